The van der Waals surface area contributed by atoms with Crippen LogP contribution in [0.25, 0.3) is 83.3 Å². The van der Waals surface area contributed by atoms with Crippen LogP contribution in [0.15, 0.2) is 249 Å². The maximum Gasteiger partial charge on any atom is 0.137 e. The third-order valence-corrected chi connectivity index (χ3v) is 16.6. The van der Waals surface area contributed by atoms with Gasteiger partial charge in [-0.1, -0.05) is 232 Å². The number of fused-ring (bicyclic) bond motifs is 4. The van der Waals surface area contributed by atoms with Gasteiger partial charge in [-0.25, -0.2) is 4.98 Å². The summed E-state index contributed by atoms with van der Waals surface area (Å²) in [5.41, 5.74) is 21.7. The van der Waals surface area contributed by atoms with Crippen molar-refractivity contribution in [2.24, 2.45) is 0 Å². The highest BCUT2D eigenvalue weighted by atomic mass is 16.5. The van der Waals surface area contributed by atoms with Crippen molar-refractivity contribution >= 4 is 44.6 Å². The van der Waals surface area contributed by atoms with Crippen molar-refractivity contribution in [2.45, 2.75) is 78.6 Å². The summed E-state index contributed by atoms with van der Waals surface area (Å²) in [6, 6.07) is 88.3. The van der Waals surface area contributed by atoms with Crippen molar-refractivity contribution < 1.29 is 4.74 Å². The summed E-state index contributed by atoms with van der Waals surface area (Å²) >= 11 is 0. The number of hydrogen-bond acceptors (Lipinski definition) is 4. The molecule has 0 atom stereocenters. The molecule has 0 saturated heterocycles. The Hall–Kier alpha value is -9.45. The highest BCUT2D eigenvalue weighted by Gasteiger charge is 2.33. The summed E-state index contributed by atoms with van der Waals surface area (Å²) in [4.78, 5) is 10.3. The van der Waals surface area contributed by atoms with Crippen LogP contribution < -0.4 is 14.5 Å². The first kappa shape index (κ1) is 52.9. The second kappa shape index (κ2) is 20.8. The maximum atomic E-state index is 7.22. The Labute approximate surface area is 489 Å². The fourth-order valence-corrected chi connectivity index (χ4v) is 12.1. The number of rotatable bonds is 10. The Balaban J connectivity index is 0.934. The van der Waals surface area contributed by atoms with Gasteiger partial charge < -0.3 is 14.5 Å². The summed E-state index contributed by atoms with van der Waals surface area (Å²) in [6.07, 6.45) is 2.06. The van der Waals surface area contributed by atoms with Gasteiger partial charge in [0.2, 0.25) is 0 Å². The number of para-hydroxylation sites is 3. The lowest BCUT2D eigenvalue weighted by Gasteiger charge is -2.28. The lowest BCUT2D eigenvalue weighted by atomic mass is 9.82. The minimum Gasteiger partial charge on any atom is -0.457 e. The molecule has 5 heteroatoms. The van der Waals surface area contributed by atoms with Crippen LogP contribution in [-0.4, -0.2) is 16.2 Å². The van der Waals surface area contributed by atoms with Crippen molar-refractivity contribution in [1.29, 1.82) is 0 Å². The van der Waals surface area contributed by atoms with Crippen molar-refractivity contribution in [2.75, 3.05) is 16.5 Å². The largest absolute Gasteiger partial charge is 0.457 e. The predicted molar refractivity (Wildman–Crippen MR) is 350 cm³/mol. The van der Waals surface area contributed by atoms with E-state index < -0.39 is 0 Å². The smallest absolute Gasteiger partial charge is 0.137 e. The molecular weight excluding hydrogens is 1010 g/mol. The topological polar surface area (TPSA) is 33.5 Å². The molecule has 0 radical (unpaired) electrons. The van der Waals surface area contributed by atoms with Gasteiger partial charge in [0, 0.05) is 51.5 Å². The predicted octanol–water partition coefficient (Wildman–Crippen LogP) is 21.4. The number of hydrogen-bond donors (Lipinski definition) is 0. The Bertz CT molecular complexity index is 4370. The summed E-state index contributed by atoms with van der Waals surface area (Å²) in [6.45, 7) is 21.1. The first-order valence-electron chi connectivity index (χ1n) is 29.1. The molecule has 408 valence electrons. The van der Waals surface area contributed by atoms with Gasteiger partial charge in [0.25, 0.3) is 0 Å². The van der Waals surface area contributed by atoms with Crippen LogP contribution in [0.5, 0.6) is 11.5 Å². The standard InChI is InChI=1S/C78H70N4O/c1-76(2,3)59-38-35-55(36-39-59)64-31-22-32-65(58-30-21-29-56(43-58)52-23-13-10-14-24-52)75(64)81-51-80(71-33-19-20-34-72(71)81)61-45-60(77(4,5)6)46-63(47-61)83-62-40-41-66-67-44-57(53-25-15-11-16-26-53)37-42-70(67)82(73(66)48-62)74-49-69(78(7,8)9)68(50-79-74)54-27-17-12-18-28-54/h10-50H,51H2,1-9H3. The first-order valence-corrected chi connectivity index (χ1v) is 29.1. The average molecular weight is 1080 g/mol. The van der Waals surface area contributed by atoms with Crippen molar-refractivity contribution in [1.82, 2.24) is 9.55 Å². The zero-order valence-corrected chi connectivity index (χ0v) is 49.1. The van der Waals surface area contributed by atoms with Crippen LogP contribution in [0, 0.1) is 0 Å². The molecule has 0 N–H and O–H groups in total. The lowest BCUT2D eigenvalue weighted by Crippen LogP contribution is -2.25. The van der Waals surface area contributed by atoms with E-state index in [0.717, 1.165) is 78.6 Å². The molecule has 1 aliphatic heterocycles. The van der Waals surface area contributed by atoms with Gasteiger partial charge in [0.15, 0.2) is 0 Å². The number of anilines is 4. The van der Waals surface area contributed by atoms with Gasteiger partial charge in [0.1, 0.15) is 24.0 Å². The number of aromatic nitrogens is 2. The summed E-state index contributed by atoms with van der Waals surface area (Å²) in [7, 11) is 0. The van der Waals surface area contributed by atoms with Crippen LogP contribution in [0.4, 0.5) is 22.7 Å². The molecule has 0 spiro atoms. The van der Waals surface area contributed by atoms with Gasteiger partial charge in [-0.2, -0.15) is 0 Å². The molecule has 0 amide bonds. The maximum absolute atomic E-state index is 7.22. The van der Waals surface area contributed by atoms with Gasteiger partial charge in [-0.3, -0.25) is 4.57 Å². The van der Waals surface area contributed by atoms with Crippen LogP contribution in [0.1, 0.15) is 79.0 Å². The van der Waals surface area contributed by atoms with Crippen molar-refractivity contribution in [3.8, 4) is 73.0 Å². The Morgan fingerprint density at radius 2 is 0.916 bits per heavy atom. The minimum atomic E-state index is -0.189. The lowest BCUT2D eigenvalue weighted by molar-refractivity contribution is 0.479. The van der Waals surface area contributed by atoms with Gasteiger partial charge in [-0.05, 0) is 133 Å². The van der Waals surface area contributed by atoms with Crippen LogP contribution in [0.3, 0.4) is 0 Å². The molecule has 12 aromatic rings. The van der Waals surface area contributed by atoms with Gasteiger partial charge >= 0.3 is 0 Å². The summed E-state index contributed by atoms with van der Waals surface area (Å²) in [5, 5.41) is 2.29. The molecule has 13 rings (SSSR count). The Morgan fingerprint density at radius 1 is 0.361 bits per heavy atom. The Morgan fingerprint density at radius 3 is 1.57 bits per heavy atom. The third-order valence-electron chi connectivity index (χ3n) is 16.6. The molecule has 0 saturated carbocycles. The second-order valence-corrected chi connectivity index (χ2v) is 25.3. The SMILES string of the molecule is CC(C)(C)c1ccc(-c2cccc(-c3cccc(-c4ccccc4)c3)c2N2CN(c3cc(Oc4ccc5c6cc(-c7ccccc7)ccc6n(-c6cc(C(C)(C)C)c(-c7ccccc7)cn6)c5c4)cc(C(C)(C)C)c3)c3ccccc32)cc1. The number of benzene rings is 10. The van der Waals surface area contributed by atoms with E-state index >= 15 is 0 Å². The average Bonchev–Trinajstić information content (AvgIpc) is 2.17. The molecule has 1 aliphatic rings. The molecule has 3 heterocycles. The van der Waals surface area contributed by atoms with Crippen LogP contribution in [0.2, 0.25) is 0 Å². The van der Waals surface area contributed by atoms with Crippen LogP contribution in [-0.2, 0) is 16.2 Å². The molecule has 83 heavy (non-hydrogen) atoms. The molecule has 0 unspecified atom stereocenters. The summed E-state index contributed by atoms with van der Waals surface area (Å²) < 4.78 is 9.54. The van der Waals surface area contributed by atoms with Gasteiger partial charge in [-0.15, -0.1) is 0 Å². The number of pyridine rings is 1. The zero-order chi connectivity index (χ0) is 57.2. The van der Waals surface area contributed by atoms with E-state index in [4.69, 9.17) is 9.72 Å². The molecule has 0 bridgehead atoms. The molecule has 10 aromatic carbocycles. The highest BCUT2D eigenvalue weighted by Crippen LogP contribution is 2.52. The molecule has 5 nitrogen and oxygen atoms in total. The fourth-order valence-electron chi connectivity index (χ4n) is 12.1. The summed E-state index contributed by atoms with van der Waals surface area (Å²) in [5.74, 6) is 2.38. The normalized spacial score (nSPS) is 12.8. The minimum absolute atomic E-state index is 0.0312. The molecular formula is C78H70N4O. The van der Waals surface area contributed by atoms with Crippen LogP contribution >= 0.6 is 0 Å². The van der Waals surface area contributed by atoms with E-state index in [9.17, 15) is 0 Å². The van der Waals surface area contributed by atoms with E-state index in [0.29, 0.717) is 6.67 Å². The Kier molecular flexibility index (Phi) is 13.3. The molecule has 0 fully saturated rings. The number of nitrogens with zero attached hydrogens (tertiary/aromatic N) is 4. The monoisotopic (exact) mass is 1080 g/mol. The second-order valence-electron chi connectivity index (χ2n) is 25.3. The van der Waals surface area contributed by atoms with Crippen molar-refractivity contribution in [3.05, 3.63) is 266 Å². The highest BCUT2D eigenvalue weighted by molar-refractivity contribution is 6.11. The van der Waals surface area contributed by atoms with E-state index in [1.165, 1.54) is 55.6 Å². The van der Waals surface area contributed by atoms with Gasteiger partial charge in [0.05, 0.1) is 28.1 Å². The number of ether oxygens (including phenoxy) is 1. The van der Waals surface area contributed by atoms with E-state index in [-0.39, 0.29) is 16.2 Å². The quantitative estimate of drug-likeness (QED) is 0.137. The third kappa shape index (κ3) is 10.2. The van der Waals surface area contributed by atoms with E-state index in [2.05, 4.69) is 326 Å². The van der Waals surface area contributed by atoms with Crippen molar-refractivity contribution in [3.63, 3.8) is 0 Å². The van der Waals surface area contributed by atoms with E-state index in [1.807, 2.05) is 0 Å². The van der Waals surface area contributed by atoms with E-state index in [1.54, 1.807) is 0 Å². The fraction of sp³-hybridized carbons (Fsp3) is 0.167. The zero-order valence-electron chi connectivity index (χ0n) is 49.1. The molecule has 0 aliphatic carbocycles. The molecule has 2 aromatic heterocycles. The first-order chi connectivity index (χ1) is 40.0.